The molecule has 2 rings (SSSR count). The number of hydrazine groups is 1. The van der Waals surface area contributed by atoms with Crippen LogP contribution in [0.25, 0.3) is 10.8 Å². The maximum atomic E-state index is 5.95. The number of hydrogen-bond donors (Lipinski definition) is 2. The van der Waals surface area contributed by atoms with Crippen molar-refractivity contribution in [3.63, 3.8) is 0 Å². The molecule has 2 aromatic rings. The van der Waals surface area contributed by atoms with Crippen LogP contribution in [0, 0.1) is 0 Å². The summed E-state index contributed by atoms with van der Waals surface area (Å²) in [6, 6.07) is 7.69. The van der Waals surface area contributed by atoms with Gasteiger partial charge in [-0.1, -0.05) is 35.9 Å². The van der Waals surface area contributed by atoms with Crippen LogP contribution in [0.15, 0.2) is 30.5 Å². The van der Waals surface area contributed by atoms with Gasteiger partial charge in [0.2, 0.25) is 0 Å². The lowest BCUT2D eigenvalue weighted by Gasteiger charge is -2.04. The van der Waals surface area contributed by atoms with Crippen LogP contribution in [-0.2, 0) is 0 Å². The number of nitrogens with one attached hydrogen (secondary N) is 1. The first-order valence-electron chi connectivity index (χ1n) is 3.83. The fourth-order valence-corrected chi connectivity index (χ4v) is 1.49. The lowest BCUT2D eigenvalue weighted by molar-refractivity contribution is 1.25. The third kappa shape index (κ3) is 1.32. The summed E-state index contributed by atoms with van der Waals surface area (Å²) >= 11 is 5.95. The normalized spacial score (nSPS) is 10.3. The summed E-state index contributed by atoms with van der Waals surface area (Å²) in [4.78, 5) is 4.06. The molecule has 13 heavy (non-hydrogen) atoms. The van der Waals surface area contributed by atoms with Gasteiger partial charge in [0.1, 0.15) is 5.82 Å². The van der Waals surface area contributed by atoms with E-state index >= 15 is 0 Å². The van der Waals surface area contributed by atoms with Crippen molar-refractivity contribution in [2.45, 2.75) is 0 Å². The molecule has 0 saturated carbocycles. The summed E-state index contributed by atoms with van der Waals surface area (Å²) in [5.41, 5.74) is 2.53. The number of fused-ring (bicyclic) bond motifs is 1. The van der Waals surface area contributed by atoms with Crippen molar-refractivity contribution in [2.24, 2.45) is 5.84 Å². The minimum Gasteiger partial charge on any atom is -0.308 e. The molecule has 3 N–H and O–H groups in total. The fourth-order valence-electron chi connectivity index (χ4n) is 1.27. The van der Waals surface area contributed by atoms with Crippen LogP contribution in [0.4, 0.5) is 5.82 Å². The van der Waals surface area contributed by atoms with Gasteiger partial charge in [-0.15, -0.1) is 0 Å². The maximum absolute atomic E-state index is 5.95. The minimum absolute atomic E-state index is 0.634. The second-order valence-corrected chi connectivity index (χ2v) is 3.05. The highest BCUT2D eigenvalue weighted by atomic mass is 35.5. The van der Waals surface area contributed by atoms with Gasteiger partial charge in [-0.05, 0) is 0 Å². The Balaban J connectivity index is 2.84. The van der Waals surface area contributed by atoms with Crippen LogP contribution in [0.3, 0.4) is 0 Å². The summed E-state index contributed by atoms with van der Waals surface area (Å²) in [6.07, 6.45) is 1.58. The highest BCUT2D eigenvalue weighted by Crippen LogP contribution is 2.26. The number of hydrogen-bond acceptors (Lipinski definition) is 3. The van der Waals surface area contributed by atoms with E-state index in [9.17, 15) is 0 Å². The Kier molecular flexibility index (Phi) is 2.04. The first-order chi connectivity index (χ1) is 6.33. The summed E-state index contributed by atoms with van der Waals surface area (Å²) in [6.45, 7) is 0. The number of aromatic nitrogens is 1. The van der Waals surface area contributed by atoms with E-state index in [2.05, 4.69) is 10.4 Å². The van der Waals surface area contributed by atoms with Crippen LogP contribution in [0.5, 0.6) is 0 Å². The highest BCUT2D eigenvalue weighted by Gasteiger charge is 2.03. The Morgan fingerprint density at radius 2 is 1.92 bits per heavy atom. The zero-order valence-corrected chi connectivity index (χ0v) is 7.55. The van der Waals surface area contributed by atoms with Gasteiger partial charge < -0.3 is 5.43 Å². The first-order valence-corrected chi connectivity index (χ1v) is 4.20. The standard InChI is InChI=1S/C9H8ClN3/c10-8-5-12-9(13-11)7-4-2-1-3-6(7)8/h1-5H,11H2,(H,12,13). The van der Waals surface area contributed by atoms with E-state index in [-0.39, 0.29) is 0 Å². The highest BCUT2D eigenvalue weighted by molar-refractivity contribution is 6.35. The number of benzene rings is 1. The van der Waals surface area contributed by atoms with E-state index in [1.807, 2.05) is 24.3 Å². The van der Waals surface area contributed by atoms with E-state index in [0.717, 1.165) is 10.8 Å². The molecular formula is C9H8ClN3. The van der Waals surface area contributed by atoms with Crippen molar-refractivity contribution in [2.75, 3.05) is 5.43 Å². The molecule has 0 radical (unpaired) electrons. The van der Waals surface area contributed by atoms with Gasteiger partial charge in [0.15, 0.2) is 0 Å². The van der Waals surface area contributed by atoms with Crippen LogP contribution >= 0.6 is 11.6 Å². The second-order valence-electron chi connectivity index (χ2n) is 2.64. The van der Waals surface area contributed by atoms with Crippen LogP contribution in [0.2, 0.25) is 5.02 Å². The molecule has 4 heteroatoms. The molecule has 0 aliphatic heterocycles. The third-order valence-electron chi connectivity index (χ3n) is 1.88. The summed E-state index contributed by atoms with van der Waals surface area (Å²) in [5, 5.41) is 2.51. The molecule has 0 amide bonds. The number of nitrogen functional groups attached to an aromatic ring is 1. The largest absolute Gasteiger partial charge is 0.308 e. The molecule has 1 aromatic heterocycles. The van der Waals surface area contributed by atoms with Gasteiger partial charge in [-0.3, -0.25) is 0 Å². The average Bonchev–Trinajstić information content (AvgIpc) is 2.19. The van der Waals surface area contributed by atoms with Crippen molar-refractivity contribution in [1.29, 1.82) is 0 Å². The van der Waals surface area contributed by atoms with Crippen LogP contribution in [-0.4, -0.2) is 4.98 Å². The lowest BCUT2D eigenvalue weighted by atomic mass is 10.1. The molecule has 3 nitrogen and oxygen atoms in total. The lowest BCUT2D eigenvalue weighted by Crippen LogP contribution is -2.08. The zero-order valence-electron chi connectivity index (χ0n) is 6.79. The SMILES string of the molecule is NNc1ncc(Cl)c2ccccc12. The number of rotatable bonds is 1. The molecule has 1 aromatic carbocycles. The van der Waals surface area contributed by atoms with Crippen molar-refractivity contribution in [1.82, 2.24) is 4.98 Å². The number of nitrogens with two attached hydrogens (primary N) is 1. The number of halogens is 1. The molecule has 1 heterocycles. The van der Waals surface area contributed by atoms with Gasteiger partial charge in [0.05, 0.1) is 5.02 Å². The quantitative estimate of drug-likeness (QED) is 0.539. The van der Waals surface area contributed by atoms with Crippen molar-refractivity contribution >= 4 is 28.2 Å². The van der Waals surface area contributed by atoms with Gasteiger partial charge >= 0.3 is 0 Å². The zero-order chi connectivity index (χ0) is 9.26. The topological polar surface area (TPSA) is 50.9 Å². The Morgan fingerprint density at radius 1 is 1.23 bits per heavy atom. The predicted octanol–water partition coefficient (Wildman–Crippen LogP) is 2.17. The maximum Gasteiger partial charge on any atom is 0.147 e. The molecule has 0 fully saturated rings. The van der Waals surface area contributed by atoms with Gasteiger partial charge in [0.25, 0.3) is 0 Å². The molecule has 0 unspecified atom stereocenters. The van der Waals surface area contributed by atoms with Crippen molar-refractivity contribution in [3.8, 4) is 0 Å². The van der Waals surface area contributed by atoms with E-state index in [0.29, 0.717) is 10.8 Å². The Hall–Kier alpha value is -1.32. The summed E-state index contributed by atoms with van der Waals surface area (Å²) < 4.78 is 0. The van der Waals surface area contributed by atoms with Crippen molar-refractivity contribution < 1.29 is 0 Å². The molecule has 0 saturated heterocycles. The Morgan fingerprint density at radius 3 is 2.62 bits per heavy atom. The summed E-state index contributed by atoms with van der Waals surface area (Å²) in [5.74, 6) is 5.95. The molecule has 0 aliphatic carbocycles. The monoisotopic (exact) mass is 193 g/mol. The average molecular weight is 194 g/mol. The van der Waals surface area contributed by atoms with E-state index in [1.54, 1.807) is 6.20 Å². The van der Waals surface area contributed by atoms with E-state index in [1.165, 1.54) is 0 Å². The Bertz CT molecular complexity index is 442. The van der Waals surface area contributed by atoms with Crippen LogP contribution < -0.4 is 11.3 Å². The molecule has 0 aliphatic rings. The summed E-state index contributed by atoms with van der Waals surface area (Å²) in [7, 11) is 0. The minimum atomic E-state index is 0.634. The number of nitrogens with zero attached hydrogens (tertiary/aromatic N) is 1. The third-order valence-corrected chi connectivity index (χ3v) is 2.18. The number of anilines is 1. The molecular weight excluding hydrogens is 186 g/mol. The van der Waals surface area contributed by atoms with E-state index < -0.39 is 0 Å². The van der Waals surface area contributed by atoms with E-state index in [4.69, 9.17) is 17.4 Å². The molecule has 0 atom stereocenters. The van der Waals surface area contributed by atoms with Gasteiger partial charge in [-0.2, -0.15) is 0 Å². The van der Waals surface area contributed by atoms with Crippen molar-refractivity contribution in [3.05, 3.63) is 35.5 Å². The molecule has 0 spiro atoms. The second kappa shape index (κ2) is 3.20. The fraction of sp³-hybridized carbons (Fsp3) is 0. The predicted molar refractivity (Wildman–Crippen MR) is 54.6 cm³/mol. The molecule has 66 valence electrons. The van der Waals surface area contributed by atoms with Gasteiger partial charge in [0, 0.05) is 17.0 Å². The van der Waals surface area contributed by atoms with Crippen LogP contribution in [0.1, 0.15) is 0 Å². The number of pyridine rings is 1. The Labute approximate surface area is 80.5 Å². The van der Waals surface area contributed by atoms with Gasteiger partial charge in [-0.25, -0.2) is 10.8 Å². The smallest absolute Gasteiger partial charge is 0.147 e. The molecule has 0 bridgehead atoms. The first kappa shape index (κ1) is 8.29.